The van der Waals surface area contributed by atoms with Crippen molar-refractivity contribution in [3.05, 3.63) is 0 Å². The lowest BCUT2D eigenvalue weighted by molar-refractivity contribution is -0.165. The highest BCUT2D eigenvalue weighted by molar-refractivity contribution is 5.83. The minimum Gasteiger partial charge on any atom is -0.479 e. The van der Waals surface area contributed by atoms with Gasteiger partial charge in [-0.05, 0) is 12.8 Å². The predicted octanol–water partition coefficient (Wildman–Crippen LogP) is -1.24. The molecule has 0 amide bonds. The van der Waals surface area contributed by atoms with Crippen molar-refractivity contribution in [1.82, 2.24) is 0 Å². The number of carboxylic acid groups (broad SMARTS) is 2. The van der Waals surface area contributed by atoms with Gasteiger partial charge in [-0.1, -0.05) is 13.8 Å². The molecule has 0 rings (SSSR count). The molecule has 0 saturated heterocycles. The third-order valence-electron chi connectivity index (χ3n) is 2.25. The summed E-state index contributed by atoms with van der Waals surface area (Å²) < 4.78 is 0. The molecule has 0 aliphatic heterocycles. The Bertz CT molecular complexity index is 316. The number of rotatable bonds is 4. The molecule has 6 N–H and O–H groups in total. The van der Waals surface area contributed by atoms with E-state index in [1.54, 1.807) is 6.92 Å². The smallest absolute Gasteiger partial charge is 0.335 e. The maximum Gasteiger partial charge on any atom is 0.335 e. The normalized spacial score (nSPS) is 16.6. The molecule has 104 valence electrons. The third kappa shape index (κ3) is 6.80. The van der Waals surface area contributed by atoms with Gasteiger partial charge in [0.05, 0.1) is 6.07 Å². The average Bonchev–Trinajstić information content (AvgIpc) is 2.27. The largest absolute Gasteiger partial charge is 0.479 e. The number of aliphatic hydroxyl groups is 2. The number of carboxylic acids is 2. The molecule has 0 radical (unpaired) electrons. The number of carbonyl (C=O) groups is 2. The van der Waals surface area contributed by atoms with Crippen molar-refractivity contribution in [2.24, 2.45) is 11.7 Å². The predicted molar refractivity (Wildman–Crippen MR) is 60.3 cm³/mol. The topological polar surface area (TPSA) is 165 Å². The Labute approximate surface area is 104 Å². The summed E-state index contributed by atoms with van der Waals surface area (Å²) in [5.74, 6) is -3.31. The van der Waals surface area contributed by atoms with Gasteiger partial charge in [-0.3, -0.25) is 0 Å². The summed E-state index contributed by atoms with van der Waals surface area (Å²) in [5, 5.41) is 40.9. The average molecular weight is 262 g/mol. The molecule has 0 unspecified atom stereocenters. The summed E-state index contributed by atoms with van der Waals surface area (Å²) >= 11 is 0. The molecule has 0 heterocycles. The molecule has 0 bridgehead atoms. The number of hydrogen-bond acceptors (Lipinski definition) is 6. The quantitative estimate of drug-likeness (QED) is 0.419. The fourth-order valence-corrected chi connectivity index (χ4v) is 0.399. The molecule has 0 aromatic carbocycles. The maximum atomic E-state index is 9.77. The van der Waals surface area contributed by atoms with Crippen LogP contribution in [0.5, 0.6) is 0 Å². The lowest BCUT2D eigenvalue weighted by Gasteiger charge is -2.18. The molecule has 0 saturated carbocycles. The first-order valence-corrected chi connectivity index (χ1v) is 4.99. The lowest BCUT2D eigenvalue weighted by atomic mass is 9.92. The first kappa shape index (κ1) is 18.7. The number of nitrogens with zero attached hydrogens (tertiary/aromatic N) is 1. The van der Waals surface area contributed by atoms with E-state index in [1.165, 1.54) is 0 Å². The fraction of sp³-hybridized carbons (Fsp3) is 0.700. The zero-order chi connectivity index (χ0) is 15.1. The minimum absolute atomic E-state index is 0.229. The molecule has 3 atom stereocenters. The Hall–Kier alpha value is -1.69. The van der Waals surface area contributed by atoms with Crippen molar-refractivity contribution in [2.45, 2.75) is 38.5 Å². The maximum absolute atomic E-state index is 9.77. The van der Waals surface area contributed by atoms with Crippen molar-refractivity contribution in [2.75, 3.05) is 0 Å². The van der Waals surface area contributed by atoms with Gasteiger partial charge in [-0.25, -0.2) is 9.59 Å². The highest BCUT2D eigenvalue weighted by atomic mass is 16.4. The minimum atomic E-state index is -2.27. The van der Waals surface area contributed by atoms with E-state index in [4.69, 9.17) is 31.4 Å². The molecule has 8 heteroatoms. The van der Waals surface area contributed by atoms with Crippen LogP contribution in [0, 0.1) is 17.2 Å². The molecule has 8 nitrogen and oxygen atoms in total. The summed E-state index contributed by atoms with van der Waals surface area (Å²) in [6.07, 6.45) is -4.53. The number of nitriles is 1. The molecule has 0 aromatic rings. The zero-order valence-corrected chi connectivity index (χ0v) is 10.4. The fourth-order valence-electron chi connectivity index (χ4n) is 0.399. The van der Waals surface area contributed by atoms with Crippen LogP contribution in [-0.2, 0) is 9.59 Å². The van der Waals surface area contributed by atoms with E-state index in [2.05, 4.69) is 0 Å². The van der Waals surface area contributed by atoms with E-state index in [-0.39, 0.29) is 5.92 Å². The molecule has 0 aliphatic carbocycles. The van der Waals surface area contributed by atoms with Gasteiger partial charge >= 0.3 is 11.9 Å². The van der Waals surface area contributed by atoms with Crippen LogP contribution in [0.15, 0.2) is 0 Å². The van der Waals surface area contributed by atoms with Gasteiger partial charge in [0.25, 0.3) is 0 Å². The molecule has 18 heavy (non-hydrogen) atoms. The summed E-state index contributed by atoms with van der Waals surface area (Å²) in [7, 11) is 0. The monoisotopic (exact) mass is 262 g/mol. The zero-order valence-electron chi connectivity index (χ0n) is 10.4. The van der Waals surface area contributed by atoms with Crippen LogP contribution < -0.4 is 5.73 Å². The summed E-state index contributed by atoms with van der Waals surface area (Å²) in [6, 6.07) is 2.02. The molecular weight excluding hydrogens is 244 g/mol. The van der Waals surface area contributed by atoms with Gasteiger partial charge in [0.2, 0.25) is 0 Å². The number of hydrogen-bond donors (Lipinski definition) is 5. The number of aliphatic hydroxyl groups excluding tert-OH is 2. The second-order valence-corrected chi connectivity index (χ2v) is 4.12. The van der Waals surface area contributed by atoms with Crippen LogP contribution in [-0.4, -0.2) is 50.1 Å². The van der Waals surface area contributed by atoms with Crippen LogP contribution in [0.25, 0.3) is 0 Å². The van der Waals surface area contributed by atoms with E-state index < -0.39 is 29.7 Å². The Morgan fingerprint density at radius 3 is 1.50 bits per heavy atom. The van der Waals surface area contributed by atoms with Crippen molar-refractivity contribution >= 4 is 11.9 Å². The molecular formula is C10H18N2O6. The Balaban J connectivity index is 0. The Morgan fingerprint density at radius 2 is 1.44 bits per heavy atom. The van der Waals surface area contributed by atoms with Gasteiger partial charge in [0.1, 0.15) is 5.54 Å². The Morgan fingerprint density at radius 1 is 1.17 bits per heavy atom. The highest BCUT2D eigenvalue weighted by Crippen LogP contribution is 2.09. The van der Waals surface area contributed by atoms with Gasteiger partial charge in [0, 0.05) is 0 Å². The molecule has 0 aliphatic rings. The highest BCUT2D eigenvalue weighted by Gasteiger charge is 2.29. The molecule has 0 spiro atoms. The van der Waals surface area contributed by atoms with E-state index in [1.807, 2.05) is 19.9 Å². The standard InChI is InChI=1S/C6H12N2.C4H6O6/c1-5(2)6(3,8)4-7;5-1(3(7)8)2(6)4(9)10/h5H,8H2,1-3H3;1-2,5-6H,(H,7,8)(H,9,10)/t6-;1-,2-/m11/s1. The molecule has 0 aromatic heterocycles. The van der Waals surface area contributed by atoms with E-state index >= 15 is 0 Å². The van der Waals surface area contributed by atoms with Gasteiger partial charge < -0.3 is 26.2 Å². The Kier molecular flexibility index (Phi) is 7.88. The first-order chi connectivity index (χ1) is 7.97. The summed E-state index contributed by atoms with van der Waals surface area (Å²) in [4.78, 5) is 19.5. The van der Waals surface area contributed by atoms with Crippen LogP contribution in [0.2, 0.25) is 0 Å². The van der Waals surface area contributed by atoms with E-state index in [9.17, 15) is 9.59 Å². The first-order valence-electron chi connectivity index (χ1n) is 4.99. The van der Waals surface area contributed by atoms with Gasteiger partial charge in [-0.15, -0.1) is 0 Å². The van der Waals surface area contributed by atoms with Crippen molar-refractivity contribution in [3.8, 4) is 6.07 Å². The second kappa shape index (κ2) is 7.60. The van der Waals surface area contributed by atoms with Crippen molar-refractivity contribution in [3.63, 3.8) is 0 Å². The van der Waals surface area contributed by atoms with Crippen molar-refractivity contribution < 1.29 is 30.0 Å². The van der Waals surface area contributed by atoms with Crippen LogP contribution in [0.3, 0.4) is 0 Å². The SMILES string of the molecule is CC(C)[C@](C)(N)C#N.O=C(O)[C@H](O)[C@@H](O)C(=O)O. The third-order valence-corrected chi connectivity index (χ3v) is 2.25. The summed E-state index contributed by atoms with van der Waals surface area (Å²) in [6.45, 7) is 5.60. The van der Waals surface area contributed by atoms with E-state index in [0.717, 1.165) is 0 Å². The summed E-state index contributed by atoms with van der Waals surface area (Å²) in [5.41, 5.74) is 4.84. The lowest BCUT2D eigenvalue weighted by Crippen LogP contribution is -2.39. The second-order valence-electron chi connectivity index (χ2n) is 4.12. The number of aliphatic carboxylic acids is 2. The van der Waals surface area contributed by atoms with Gasteiger partial charge in [-0.2, -0.15) is 5.26 Å². The van der Waals surface area contributed by atoms with E-state index in [0.29, 0.717) is 0 Å². The van der Waals surface area contributed by atoms with Crippen LogP contribution in [0.4, 0.5) is 0 Å². The molecule has 0 fully saturated rings. The number of nitrogens with two attached hydrogens (primary N) is 1. The van der Waals surface area contributed by atoms with Crippen molar-refractivity contribution in [1.29, 1.82) is 5.26 Å². The van der Waals surface area contributed by atoms with Gasteiger partial charge in [0.15, 0.2) is 12.2 Å². The van der Waals surface area contributed by atoms with Crippen LogP contribution in [0.1, 0.15) is 20.8 Å². The van der Waals surface area contributed by atoms with Crippen LogP contribution >= 0.6 is 0 Å².